The fourth-order valence-corrected chi connectivity index (χ4v) is 9.46. The first-order chi connectivity index (χ1) is 39.4. The van der Waals surface area contributed by atoms with Crippen molar-refractivity contribution in [2.75, 3.05) is 40.9 Å². The van der Waals surface area contributed by atoms with Gasteiger partial charge in [-0.05, 0) is 96.0 Å². The molecule has 0 aliphatic heterocycles. The molecule has 0 spiro atoms. The maximum Gasteiger partial charge on any atom is 0.472 e. The number of carbonyl (C=O) groups excluding carboxylic acids is 2. The molecule has 0 aromatic carbocycles. The van der Waals surface area contributed by atoms with Gasteiger partial charge in [0.15, 0.2) is 0 Å². The maximum absolute atomic E-state index is 13.5. The van der Waals surface area contributed by atoms with E-state index in [0.717, 1.165) is 96.3 Å². The monoisotopic (exact) mass is 1150 g/mol. The Hall–Kier alpha value is -3.85. The van der Waals surface area contributed by atoms with Crippen LogP contribution in [0.4, 0.5) is 0 Å². The van der Waals surface area contributed by atoms with Crippen molar-refractivity contribution >= 4 is 19.7 Å². The molecule has 9 nitrogen and oxygen atoms in total. The Morgan fingerprint density at radius 2 is 0.840 bits per heavy atom. The summed E-state index contributed by atoms with van der Waals surface area (Å²) in [6.45, 7) is 6.79. The minimum absolute atomic E-state index is 0.0225. The van der Waals surface area contributed by atoms with Crippen molar-refractivity contribution < 1.29 is 37.3 Å². The van der Waals surface area contributed by atoms with Crippen molar-refractivity contribution in [2.24, 2.45) is 0 Å². The quantitative estimate of drug-likeness (QED) is 0.0156. The van der Waals surface area contributed by atoms with Crippen LogP contribution in [0.1, 0.15) is 252 Å². The number of hydrogen-bond donors (Lipinski definition) is 2. The molecule has 0 aromatic rings. The van der Waals surface area contributed by atoms with Crippen LogP contribution in [-0.4, -0.2) is 74.3 Å². The average Bonchev–Trinajstić information content (AvgIpc) is 3.44. The Labute approximate surface area is 498 Å². The van der Waals surface area contributed by atoms with Crippen LogP contribution >= 0.6 is 7.82 Å². The first kappa shape index (κ1) is 77.2. The molecule has 3 atom stereocenters. The average molecular weight is 1150 g/mol. The lowest BCUT2D eigenvalue weighted by Crippen LogP contribution is -2.47. The van der Waals surface area contributed by atoms with Gasteiger partial charge in [-0.15, -0.1) is 0 Å². The molecule has 81 heavy (non-hydrogen) atoms. The summed E-state index contributed by atoms with van der Waals surface area (Å²) in [7, 11) is 1.44. The highest BCUT2D eigenvalue weighted by Gasteiger charge is 2.30. The Bertz CT molecular complexity index is 1850. The Morgan fingerprint density at radius 1 is 0.457 bits per heavy atom. The van der Waals surface area contributed by atoms with Crippen LogP contribution in [-0.2, 0) is 27.9 Å². The molecule has 0 saturated carbocycles. The van der Waals surface area contributed by atoms with Gasteiger partial charge in [-0.2, -0.15) is 0 Å². The van der Waals surface area contributed by atoms with Crippen LogP contribution in [0.2, 0.25) is 0 Å². The molecule has 10 heteroatoms. The van der Waals surface area contributed by atoms with Crippen LogP contribution in [0.25, 0.3) is 0 Å². The van der Waals surface area contributed by atoms with Crippen LogP contribution < -0.4 is 5.32 Å². The molecule has 0 heterocycles. The number of esters is 1. The molecule has 0 saturated heterocycles. The molecule has 1 amide bonds. The van der Waals surface area contributed by atoms with Gasteiger partial charge in [0.1, 0.15) is 19.3 Å². The first-order valence-electron chi connectivity index (χ1n) is 32.6. The number of hydrogen-bond acceptors (Lipinski definition) is 6. The molecule has 3 unspecified atom stereocenters. The Kier molecular flexibility index (Phi) is 56.5. The van der Waals surface area contributed by atoms with Crippen LogP contribution in [0.5, 0.6) is 0 Å². The van der Waals surface area contributed by atoms with E-state index in [1.54, 1.807) is 0 Å². The van der Waals surface area contributed by atoms with Crippen molar-refractivity contribution in [2.45, 2.75) is 264 Å². The second-order valence-electron chi connectivity index (χ2n) is 22.7. The van der Waals surface area contributed by atoms with Gasteiger partial charge in [0.2, 0.25) is 5.91 Å². The number of quaternary nitrogens is 1. The summed E-state index contributed by atoms with van der Waals surface area (Å²) in [5.41, 5.74) is 0. The lowest BCUT2D eigenvalue weighted by atomic mass is 10.0. The van der Waals surface area contributed by atoms with E-state index in [1.165, 1.54) is 116 Å². The number of allylic oxidation sites excluding steroid dienone is 21. The zero-order chi connectivity index (χ0) is 59.3. The highest BCUT2D eigenvalue weighted by atomic mass is 31.2. The first-order valence-corrected chi connectivity index (χ1v) is 34.1. The molecule has 0 bridgehead atoms. The Balaban J connectivity index is 5.28. The minimum atomic E-state index is -4.48. The highest BCUT2D eigenvalue weighted by molar-refractivity contribution is 7.47. The van der Waals surface area contributed by atoms with E-state index in [1.807, 2.05) is 94.1 Å². The van der Waals surface area contributed by atoms with Crippen LogP contribution in [0, 0.1) is 0 Å². The molecule has 0 aliphatic carbocycles. The van der Waals surface area contributed by atoms with Gasteiger partial charge >= 0.3 is 13.8 Å². The number of nitrogens with zero attached hydrogens (tertiary/aromatic N) is 1. The van der Waals surface area contributed by atoms with Crippen LogP contribution in [0.3, 0.4) is 0 Å². The van der Waals surface area contributed by atoms with E-state index in [4.69, 9.17) is 13.8 Å². The second-order valence-corrected chi connectivity index (χ2v) is 24.2. The lowest BCUT2D eigenvalue weighted by molar-refractivity contribution is -0.870. The van der Waals surface area contributed by atoms with Crippen molar-refractivity contribution in [3.05, 3.63) is 134 Å². The van der Waals surface area contributed by atoms with E-state index >= 15 is 0 Å². The number of phosphoric ester groups is 1. The molecule has 0 aliphatic rings. The third-order valence-electron chi connectivity index (χ3n) is 13.7. The number of carbonyl (C=O) groups is 2. The summed E-state index contributed by atoms with van der Waals surface area (Å²) >= 11 is 0. The van der Waals surface area contributed by atoms with Crippen molar-refractivity contribution in [3.8, 4) is 0 Å². The van der Waals surface area contributed by atoms with Gasteiger partial charge in [-0.1, -0.05) is 277 Å². The van der Waals surface area contributed by atoms with Crippen molar-refractivity contribution in [1.82, 2.24) is 5.32 Å². The molecule has 0 fully saturated rings. The highest BCUT2D eigenvalue weighted by Crippen LogP contribution is 2.43. The van der Waals surface area contributed by atoms with Crippen LogP contribution in [0.15, 0.2) is 134 Å². The standard InChI is InChI=1S/C71H121N2O7P/c1-7-10-13-16-19-22-25-28-30-32-33-34-35-36-37-38-39-41-43-46-49-52-55-58-61-64-71(75)80-69(62-59-56-53-50-47-44-27-24-21-18-15-12-9-3)68(67-79-81(76,77)78-66-65-73(4,5)6)72-70(74)63-60-57-54-51-48-45-42-40-31-29-26-23-20-17-14-11-8-2/h11,14,17,19-20,22-23,26,28-31,33-34,36-37,40,42,45,48,59,62,68-69H,7-10,12-13,15-16,18,21,24-25,27,32,35,38-39,41,43-44,46-47,49-58,60-61,63-67H2,1-6H3,(H-,72,74,76,77)/p+1/b14-11-,20-17+,22-19-,26-23+,30-28-,31-29-,34-33-,37-36-,42-40+,48-45+,62-59-. The number of nitrogens with one attached hydrogen (secondary N) is 1. The second kappa shape index (κ2) is 59.3. The Morgan fingerprint density at radius 3 is 1.33 bits per heavy atom. The minimum Gasteiger partial charge on any atom is -0.456 e. The van der Waals surface area contributed by atoms with Gasteiger partial charge in [0.25, 0.3) is 0 Å². The van der Waals surface area contributed by atoms with Gasteiger partial charge in [0.05, 0.1) is 33.8 Å². The molecule has 0 rings (SSSR count). The predicted molar refractivity (Wildman–Crippen MR) is 350 cm³/mol. The van der Waals surface area contributed by atoms with E-state index in [9.17, 15) is 19.0 Å². The topological polar surface area (TPSA) is 111 Å². The molecule has 0 aromatic heterocycles. The number of unbranched alkanes of at least 4 members (excludes halogenated alkanes) is 26. The van der Waals surface area contributed by atoms with E-state index in [-0.39, 0.29) is 37.9 Å². The zero-order valence-electron chi connectivity index (χ0n) is 52.7. The third-order valence-corrected chi connectivity index (χ3v) is 14.7. The van der Waals surface area contributed by atoms with Gasteiger partial charge < -0.3 is 19.4 Å². The van der Waals surface area contributed by atoms with Crippen molar-refractivity contribution in [1.29, 1.82) is 0 Å². The molecule has 2 N–H and O–H groups in total. The van der Waals surface area contributed by atoms with E-state index in [0.29, 0.717) is 17.4 Å². The number of likely N-dealkylation sites (N-methyl/N-ethyl adjacent to an activating group) is 1. The van der Waals surface area contributed by atoms with Gasteiger partial charge in [-0.3, -0.25) is 18.6 Å². The van der Waals surface area contributed by atoms with E-state index < -0.39 is 20.0 Å². The summed E-state index contributed by atoms with van der Waals surface area (Å²) in [5, 5.41) is 3.03. The summed E-state index contributed by atoms with van der Waals surface area (Å²) in [6, 6.07) is -0.885. The van der Waals surface area contributed by atoms with E-state index in [2.05, 4.69) is 86.8 Å². The lowest BCUT2D eigenvalue weighted by Gasteiger charge is -2.27. The largest absolute Gasteiger partial charge is 0.472 e. The molecular formula is C71H122N2O7P+. The summed E-state index contributed by atoms with van der Waals surface area (Å²) in [6.07, 6.45) is 84.5. The number of phosphoric acid groups is 1. The normalized spacial score (nSPS) is 14.5. The molecule has 462 valence electrons. The SMILES string of the molecule is CC\C=C/C=C/C=C/C=C\C=C\C=C\CCCCCC(=O)NC(COP(=O)(O)OCC[N+](C)(C)C)C(/C=C\CCCCCCCCCCCCC)OC(=O)CCCCCCCCCCC/C=C\C/C=C\C/C=C\C/C=C\CCCCC. The molecule has 0 radical (unpaired) electrons. The fraction of sp³-hybridized carbons (Fsp3) is 0.662. The molecular weight excluding hydrogens is 1020 g/mol. The van der Waals surface area contributed by atoms with Gasteiger partial charge in [0, 0.05) is 12.8 Å². The van der Waals surface area contributed by atoms with Crippen molar-refractivity contribution in [3.63, 3.8) is 0 Å². The smallest absolute Gasteiger partial charge is 0.456 e. The fourth-order valence-electron chi connectivity index (χ4n) is 8.72. The van der Waals surface area contributed by atoms with Gasteiger partial charge in [-0.25, -0.2) is 4.57 Å². The predicted octanol–water partition coefficient (Wildman–Crippen LogP) is 20.4. The number of rotatable bonds is 57. The number of ether oxygens (including phenoxy) is 1. The third kappa shape index (κ3) is 60.6. The zero-order valence-corrected chi connectivity index (χ0v) is 53.6. The maximum atomic E-state index is 13.5. The number of amides is 1. The summed E-state index contributed by atoms with van der Waals surface area (Å²) in [5.74, 6) is -0.570. The summed E-state index contributed by atoms with van der Waals surface area (Å²) < 4.78 is 30.7. The summed E-state index contributed by atoms with van der Waals surface area (Å²) in [4.78, 5) is 37.8.